The smallest absolute Gasteiger partial charge is 0.264 e. The Hall–Kier alpha value is -6.10. The van der Waals surface area contributed by atoms with E-state index >= 15 is 0 Å². The third-order valence-electron chi connectivity index (χ3n) is 21.0. The number of benzene rings is 8. The fourth-order valence-corrected chi connectivity index (χ4v) is 17.0. The summed E-state index contributed by atoms with van der Waals surface area (Å²) >= 11 is 2.08. The molecule has 0 bridgehead atoms. The molecule has 0 N–H and O–H groups in total. The maximum Gasteiger partial charge on any atom is 0.264 e. The highest BCUT2D eigenvalue weighted by molar-refractivity contribution is 7.33. The lowest BCUT2D eigenvalue weighted by atomic mass is 9.35. The van der Waals surface area contributed by atoms with Crippen LogP contribution in [0.5, 0.6) is 0 Å². The summed E-state index contributed by atoms with van der Waals surface area (Å²) in [7, 11) is 0. The summed E-state index contributed by atoms with van der Waals surface area (Å²) in [4.78, 5) is 5.53. The predicted molar refractivity (Wildman–Crippen MR) is 346 cm³/mol. The Bertz CT molecular complexity index is 4090. The summed E-state index contributed by atoms with van der Waals surface area (Å²) in [5.74, 6) is 0. The molecular formula is C75H81BN2S. The minimum atomic E-state index is -0.00751. The Morgan fingerprint density at radius 2 is 0.949 bits per heavy atom. The molecule has 1 aromatic heterocycles. The fraction of sp³-hybridized carbons (Fsp3) is 0.387. The van der Waals surface area contributed by atoms with Crippen LogP contribution in [0.2, 0.25) is 0 Å². The normalized spacial score (nSPS) is 19.6. The third kappa shape index (κ3) is 7.47. The highest BCUT2D eigenvalue weighted by atomic mass is 32.1. The zero-order chi connectivity index (χ0) is 55.5. The van der Waals surface area contributed by atoms with Crippen molar-refractivity contribution in [2.24, 2.45) is 0 Å². The van der Waals surface area contributed by atoms with E-state index in [0.717, 1.165) is 19.3 Å². The molecule has 3 heterocycles. The van der Waals surface area contributed by atoms with Crippen molar-refractivity contribution in [2.75, 3.05) is 9.80 Å². The molecule has 0 radical (unpaired) electrons. The molecule has 0 saturated heterocycles. The first-order chi connectivity index (χ1) is 37.2. The third-order valence-corrected chi connectivity index (χ3v) is 22.2. The van der Waals surface area contributed by atoms with E-state index in [2.05, 4.69) is 259 Å². The second-order valence-corrected chi connectivity index (χ2v) is 31.3. The van der Waals surface area contributed by atoms with Gasteiger partial charge in [0.05, 0.1) is 11.4 Å². The number of hydrogen-bond acceptors (Lipinski definition) is 3. The summed E-state index contributed by atoms with van der Waals surface area (Å²) in [5, 5.41) is 6.60. The molecular weight excluding hydrogens is 972 g/mol. The van der Waals surface area contributed by atoms with Gasteiger partial charge in [-0.15, -0.1) is 11.3 Å². The molecule has 5 aliphatic rings. The van der Waals surface area contributed by atoms with Gasteiger partial charge in [-0.1, -0.05) is 177 Å². The van der Waals surface area contributed by atoms with E-state index in [-0.39, 0.29) is 44.6 Å². The second-order valence-electron chi connectivity index (χ2n) is 30.2. The Balaban J connectivity index is 1.14. The summed E-state index contributed by atoms with van der Waals surface area (Å²) in [6.45, 7) is 39.5. The van der Waals surface area contributed by atoms with E-state index < -0.39 is 0 Å². The maximum absolute atomic E-state index is 2.81. The first kappa shape index (κ1) is 51.1. The number of aryl methyl sites for hydroxylation is 1. The largest absolute Gasteiger partial charge is 0.311 e. The molecule has 0 atom stereocenters. The average molecular weight is 1050 g/mol. The van der Waals surface area contributed by atoms with E-state index in [1.54, 1.807) is 0 Å². The highest BCUT2D eigenvalue weighted by Gasteiger charge is 2.50. The van der Waals surface area contributed by atoms with Gasteiger partial charge < -0.3 is 9.80 Å². The quantitative estimate of drug-likeness (QED) is 0.129. The summed E-state index contributed by atoms with van der Waals surface area (Å²) in [6.07, 6.45) is 7.02. The van der Waals surface area contributed by atoms with Gasteiger partial charge in [0.1, 0.15) is 0 Å². The van der Waals surface area contributed by atoms with Crippen LogP contribution in [0.1, 0.15) is 187 Å². The molecule has 4 heteroatoms. The van der Waals surface area contributed by atoms with Crippen LogP contribution in [0.25, 0.3) is 42.8 Å². The van der Waals surface area contributed by atoms with Crippen LogP contribution >= 0.6 is 11.3 Å². The molecule has 2 nitrogen and oxygen atoms in total. The molecule has 400 valence electrons. The second kappa shape index (κ2) is 16.5. The number of anilines is 6. The van der Waals surface area contributed by atoms with Crippen LogP contribution in [0.3, 0.4) is 0 Å². The highest BCUT2D eigenvalue weighted by Crippen LogP contribution is 2.57. The molecule has 0 fully saturated rings. The van der Waals surface area contributed by atoms with E-state index in [1.807, 2.05) is 0 Å². The van der Waals surface area contributed by atoms with E-state index in [0.29, 0.717) is 0 Å². The average Bonchev–Trinajstić information content (AvgIpc) is 2.76. The van der Waals surface area contributed by atoms with E-state index in [4.69, 9.17) is 0 Å². The zero-order valence-corrected chi connectivity index (χ0v) is 51.1. The molecule has 0 spiro atoms. The number of hydrogen-bond donors (Lipinski definition) is 0. The first-order valence-electron chi connectivity index (χ1n) is 29.9. The van der Waals surface area contributed by atoms with Crippen molar-refractivity contribution in [1.82, 2.24) is 0 Å². The van der Waals surface area contributed by atoms with E-state index in [1.165, 1.54) is 156 Å². The van der Waals surface area contributed by atoms with Gasteiger partial charge in [0.2, 0.25) is 0 Å². The van der Waals surface area contributed by atoms with Gasteiger partial charge in [0.15, 0.2) is 0 Å². The standard InChI is InChI=1S/C75H81BN2S/c1-44-36-63-66-64(37-44)78(61-41-57-54(70(5,6)30-33-73(57,11)12)38-52(61)50-23-19-22-49-48-21-18-17-20-45(48)24-29-51(49)50)62-42-58-56(72(9,10)32-34-74(58,13)14)40-60(62)76(66)68-67(77(63)47-27-25-46(26-28-47)69(2,3)4)53-39-55-59(43-65(53)79-68)75(15,16)35-31-71(55,7)8/h17-29,36-43H,30-35H2,1-16H3. The molecule has 9 aromatic rings. The first-order valence-corrected chi connectivity index (χ1v) is 30.7. The minimum Gasteiger partial charge on any atom is -0.311 e. The Morgan fingerprint density at radius 3 is 1.56 bits per heavy atom. The van der Waals surface area contributed by atoms with Crippen LogP contribution in [0.4, 0.5) is 34.1 Å². The van der Waals surface area contributed by atoms with Crippen LogP contribution in [0, 0.1) is 6.92 Å². The molecule has 2 aliphatic heterocycles. The van der Waals surface area contributed by atoms with Gasteiger partial charge in [-0.2, -0.15) is 0 Å². The van der Waals surface area contributed by atoms with Crippen molar-refractivity contribution in [1.29, 1.82) is 0 Å². The predicted octanol–water partition coefficient (Wildman–Crippen LogP) is 19.6. The van der Waals surface area contributed by atoms with Crippen LogP contribution in [-0.2, 0) is 37.9 Å². The number of thiophene rings is 1. The number of rotatable bonds is 3. The molecule has 79 heavy (non-hydrogen) atoms. The van der Waals surface area contributed by atoms with Crippen LogP contribution in [-0.4, -0.2) is 6.71 Å². The Morgan fingerprint density at radius 1 is 0.430 bits per heavy atom. The van der Waals surface area contributed by atoms with Crippen LogP contribution in [0.15, 0.2) is 127 Å². The fourth-order valence-electron chi connectivity index (χ4n) is 15.7. The molecule has 14 rings (SSSR count). The van der Waals surface area contributed by atoms with Gasteiger partial charge in [-0.05, 0) is 220 Å². The summed E-state index contributed by atoms with van der Waals surface area (Å²) < 4.78 is 2.87. The molecule has 3 aliphatic carbocycles. The molecule has 0 unspecified atom stereocenters. The van der Waals surface area contributed by atoms with Gasteiger partial charge in [-0.3, -0.25) is 0 Å². The molecule has 8 aromatic carbocycles. The van der Waals surface area contributed by atoms with Gasteiger partial charge in [0.25, 0.3) is 6.71 Å². The van der Waals surface area contributed by atoms with Crippen molar-refractivity contribution in [2.45, 2.75) is 187 Å². The van der Waals surface area contributed by atoms with Crippen molar-refractivity contribution in [3.8, 4) is 11.1 Å². The lowest BCUT2D eigenvalue weighted by molar-refractivity contribution is 0.332. The van der Waals surface area contributed by atoms with Crippen molar-refractivity contribution in [3.63, 3.8) is 0 Å². The van der Waals surface area contributed by atoms with Gasteiger partial charge in [-0.25, -0.2) is 0 Å². The van der Waals surface area contributed by atoms with E-state index in [9.17, 15) is 0 Å². The monoisotopic (exact) mass is 1050 g/mol. The SMILES string of the molecule is Cc1cc2c3c(c1)N(c1ccc(C(C)(C)C)cc1)c1c(sc4cc5c(cc14)C(C)(C)CCC5(C)C)B3c1cc3c(cc1N2c1cc2c(cc1-c1cccc4c1ccc1ccccc14)C(C)(C)CCC2(C)C)C(C)(C)CCC3(C)C. The van der Waals surface area contributed by atoms with Gasteiger partial charge >= 0.3 is 0 Å². The van der Waals surface area contributed by atoms with Crippen molar-refractivity contribution in [3.05, 3.63) is 172 Å². The number of nitrogens with zero attached hydrogens (tertiary/aromatic N) is 2. The van der Waals surface area contributed by atoms with Crippen LogP contribution < -0.4 is 25.5 Å². The Kier molecular flexibility index (Phi) is 10.7. The topological polar surface area (TPSA) is 6.48 Å². The molecule has 0 saturated carbocycles. The lowest BCUT2D eigenvalue weighted by Crippen LogP contribution is -2.61. The lowest BCUT2D eigenvalue weighted by Gasteiger charge is -2.48. The summed E-state index contributed by atoms with van der Waals surface area (Å²) in [5.41, 5.74) is 25.2. The number of fused-ring (bicyclic) bond motifs is 12. The summed E-state index contributed by atoms with van der Waals surface area (Å²) in [6, 6.07) is 51.8. The Labute approximate surface area is 476 Å². The van der Waals surface area contributed by atoms with Crippen molar-refractivity contribution >= 4 is 99.5 Å². The molecule has 0 amide bonds. The zero-order valence-electron chi connectivity index (χ0n) is 50.2. The minimum absolute atomic E-state index is 0.00751. The maximum atomic E-state index is 2.81. The van der Waals surface area contributed by atoms with Crippen molar-refractivity contribution < 1.29 is 0 Å². The van der Waals surface area contributed by atoms with Gasteiger partial charge in [0, 0.05) is 43.2 Å².